The molecule has 1 atom stereocenters. The standard InChI is InChI=1S/C31H23N/c1-2-10-21(11-3-1)32-22-18-19-26-25-14-6-9-17-29(25)31(30(26)20-22)27-15-7-4-12-23(27)24-13-5-8-16-28(24)31/h1-4,6-12,14-20,32H,5,13H2. The molecule has 3 aliphatic carbocycles. The first-order valence-electron chi connectivity index (χ1n) is 11.4. The van der Waals surface area contributed by atoms with E-state index in [1.807, 2.05) is 0 Å². The monoisotopic (exact) mass is 409 g/mol. The lowest BCUT2D eigenvalue weighted by molar-refractivity contribution is 0.781. The van der Waals surface area contributed by atoms with Crippen molar-refractivity contribution >= 4 is 16.9 Å². The van der Waals surface area contributed by atoms with Gasteiger partial charge in [-0.15, -0.1) is 0 Å². The second-order valence-corrected chi connectivity index (χ2v) is 8.93. The van der Waals surface area contributed by atoms with Crippen molar-refractivity contribution in [1.29, 1.82) is 0 Å². The van der Waals surface area contributed by atoms with Crippen LogP contribution in [0.25, 0.3) is 16.7 Å². The molecule has 4 aromatic carbocycles. The second kappa shape index (κ2) is 6.58. The van der Waals surface area contributed by atoms with Gasteiger partial charge in [-0.3, -0.25) is 0 Å². The van der Waals surface area contributed by atoms with Gasteiger partial charge in [0.05, 0.1) is 5.41 Å². The first kappa shape index (κ1) is 17.8. The number of fused-ring (bicyclic) bond motifs is 9. The van der Waals surface area contributed by atoms with Gasteiger partial charge in [-0.05, 0) is 81.6 Å². The molecule has 32 heavy (non-hydrogen) atoms. The van der Waals surface area contributed by atoms with E-state index in [0.29, 0.717) is 0 Å². The molecule has 152 valence electrons. The molecule has 1 spiro atoms. The van der Waals surface area contributed by atoms with Crippen molar-refractivity contribution in [2.24, 2.45) is 0 Å². The maximum absolute atomic E-state index is 3.63. The summed E-state index contributed by atoms with van der Waals surface area (Å²) >= 11 is 0. The van der Waals surface area contributed by atoms with Crippen LogP contribution in [0.5, 0.6) is 0 Å². The van der Waals surface area contributed by atoms with Crippen LogP contribution in [0.2, 0.25) is 0 Å². The Hall–Kier alpha value is -3.84. The minimum absolute atomic E-state index is 0.233. The Morgan fingerprint density at radius 2 is 1.28 bits per heavy atom. The van der Waals surface area contributed by atoms with E-state index in [4.69, 9.17) is 0 Å². The molecule has 0 radical (unpaired) electrons. The molecule has 3 aliphatic rings. The van der Waals surface area contributed by atoms with Gasteiger partial charge in [-0.1, -0.05) is 84.9 Å². The number of para-hydroxylation sites is 1. The van der Waals surface area contributed by atoms with E-state index >= 15 is 0 Å². The largest absolute Gasteiger partial charge is 0.356 e. The third kappa shape index (κ3) is 2.23. The zero-order chi connectivity index (χ0) is 21.1. The van der Waals surface area contributed by atoms with Crippen LogP contribution in [0.15, 0.2) is 115 Å². The zero-order valence-corrected chi connectivity index (χ0v) is 17.8. The normalized spacial score (nSPS) is 19.5. The lowest BCUT2D eigenvalue weighted by atomic mass is 9.69. The highest BCUT2D eigenvalue weighted by molar-refractivity contribution is 5.96. The van der Waals surface area contributed by atoms with Crippen LogP contribution < -0.4 is 5.32 Å². The highest BCUT2D eigenvalue weighted by Gasteiger charge is 2.52. The molecule has 1 unspecified atom stereocenters. The maximum atomic E-state index is 3.63. The Bertz CT molecular complexity index is 1440. The van der Waals surface area contributed by atoms with Gasteiger partial charge in [0.1, 0.15) is 0 Å². The van der Waals surface area contributed by atoms with Gasteiger partial charge in [-0.25, -0.2) is 0 Å². The summed E-state index contributed by atoms with van der Waals surface area (Å²) in [4.78, 5) is 0. The average molecular weight is 410 g/mol. The van der Waals surface area contributed by atoms with E-state index in [1.165, 1.54) is 44.5 Å². The van der Waals surface area contributed by atoms with Crippen molar-refractivity contribution in [3.05, 3.63) is 137 Å². The van der Waals surface area contributed by atoms with Gasteiger partial charge in [0.25, 0.3) is 0 Å². The van der Waals surface area contributed by atoms with E-state index in [2.05, 4.69) is 115 Å². The van der Waals surface area contributed by atoms with Crippen LogP contribution in [-0.2, 0) is 5.41 Å². The number of nitrogens with one attached hydrogen (secondary N) is 1. The van der Waals surface area contributed by atoms with Crippen molar-refractivity contribution in [3.8, 4) is 11.1 Å². The Kier molecular flexibility index (Phi) is 3.66. The molecule has 7 rings (SSSR count). The Balaban J connectivity index is 1.53. The second-order valence-electron chi connectivity index (χ2n) is 8.93. The number of anilines is 2. The lowest BCUT2D eigenvalue weighted by Gasteiger charge is -2.32. The fraction of sp³-hybridized carbons (Fsp3) is 0.0968. The van der Waals surface area contributed by atoms with Gasteiger partial charge in [-0.2, -0.15) is 0 Å². The van der Waals surface area contributed by atoms with E-state index in [9.17, 15) is 0 Å². The highest BCUT2D eigenvalue weighted by atomic mass is 14.9. The molecule has 1 nitrogen and oxygen atoms in total. The summed E-state index contributed by atoms with van der Waals surface area (Å²) in [7, 11) is 0. The Morgan fingerprint density at radius 3 is 2.12 bits per heavy atom. The first-order valence-corrected chi connectivity index (χ1v) is 11.4. The van der Waals surface area contributed by atoms with Crippen molar-refractivity contribution in [3.63, 3.8) is 0 Å². The van der Waals surface area contributed by atoms with E-state index in [-0.39, 0.29) is 5.41 Å². The van der Waals surface area contributed by atoms with E-state index in [1.54, 1.807) is 0 Å². The van der Waals surface area contributed by atoms with E-state index in [0.717, 1.165) is 24.2 Å². The third-order valence-electron chi connectivity index (χ3n) is 7.34. The van der Waals surface area contributed by atoms with Gasteiger partial charge in [0.15, 0.2) is 0 Å². The van der Waals surface area contributed by atoms with E-state index < -0.39 is 0 Å². The van der Waals surface area contributed by atoms with Crippen molar-refractivity contribution < 1.29 is 0 Å². The molecule has 0 aliphatic heterocycles. The van der Waals surface area contributed by atoms with Crippen molar-refractivity contribution in [2.75, 3.05) is 5.32 Å². The van der Waals surface area contributed by atoms with Crippen LogP contribution in [0, 0.1) is 0 Å². The Morgan fingerprint density at radius 1 is 0.594 bits per heavy atom. The van der Waals surface area contributed by atoms with Crippen LogP contribution in [0.3, 0.4) is 0 Å². The number of allylic oxidation sites excluding steroid dienone is 4. The van der Waals surface area contributed by atoms with Crippen LogP contribution in [0.4, 0.5) is 11.4 Å². The molecule has 0 aromatic heterocycles. The number of benzene rings is 4. The summed E-state index contributed by atoms with van der Waals surface area (Å²) in [6, 6.07) is 35.4. The smallest absolute Gasteiger partial charge is 0.0722 e. The van der Waals surface area contributed by atoms with Gasteiger partial charge in [0, 0.05) is 11.4 Å². The third-order valence-corrected chi connectivity index (χ3v) is 7.34. The molecule has 1 N–H and O–H groups in total. The SMILES string of the molecule is C1=CC2=C(CC1)c1ccccc1C21c2ccccc2-c2ccc(Nc3ccccc3)cc21. The molecular weight excluding hydrogens is 386 g/mol. The molecule has 4 aromatic rings. The molecule has 0 amide bonds. The summed E-state index contributed by atoms with van der Waals surface area (Å²) < 4.78 is 0. The van der Waals surface area contributed by atoms with Crippen molar-refractivity contribution in [1.82, 2.24) is 0 Å². The molecule has 0 saturated carbocycles. The quantitative estimate of drug-likeness (QED) is 0.355. The number of rotatable bonds is 2. The van der Waals surface area contributed by atoms with Crippen LogP contribution in [-0.4, -0.2) is 0 Å². The van der Waals surface area contributed by atoms with Crippen LogP contribution >= 0.6 is 0 Å². The van der Waals surface area contributed by atoms with Crippen molar-refractivity contribution in [2.45, 2.75) is 18.3 Å². The minimum atomic E-state index is -0.233. The predicted octanol–water partition coefficient (Wildman–Crippen LogP) is 7.86. The van der Waals surface area contributed by atoms with Gasteiger partial charge < -0.3 is 5.32 Å². The maximum Gasteiger partial charge on any atom is 0.0722 e. The Labute approximate surface area is 188 Å². The fourth-order valence-corrected chi connectivity index (χ4v) is 6.14. The summed E-state index contributed by atoms with van der Waals surface area (Å²) in [6.07, 6.45) is 7.00. The molecular formula is C31H23N. The lowest BCUT2D eigenvalue weighted by Crippen LogP contribution is -2.27. The summed E-state index contributed by atoms with van der Waals surface area (Å²) in [6.45, 7) is 0. The fourth-order valence-electron chi connectivity index (χ4n) is 6.14. The highest BCUT2D eigenvalue weighted by Crippen LogP contribution is 2.63. The minimum Gasteiger partial charge on any atom is -0.356 e. The summed E-state index contributed by atoms with van der Waals surface area (Å²) in [5.41, 5.74) is 13.4. The number of hydrogen-bond acceptors (Lipinski definition) is 1. The van der Waals surface area contributed by atoms with Gasteiger partial charge >= 0.3 is 0 Å². The number of hydrogen-bond donors (Lipinski definition) is 1. The molecule has 0 bridgehead atoms. The summed E-state index contributed by atoms with van der Waals surface area (Å²) in [5.74, 6) is 0. The average Bonchev–Trinajstić information content (AvgIpc) is 3.32. The molecule has 0 heterocycles. The first-order chi connectivity index (χ1) is 15.9. The summed E-state index contributed by atoms with van der Waals surface area (Å²) in [5, 5.41) is 3.63. The predicted molar refractivity (Wildman–Crippen MR) is 133 cm³/mol. The van der Waals surface area contributed by atoms with Gasteiger partial charge in [0.2, 0.25) is 0 Å². The molecule has 0 fully saturated rings. The topological polar surface area (TPSA) is 12.0 Å². The molecule has 0 saturated heterocycles. The van der Waals surface area contributed by atoms with Crippen LogP contribution in [0.1, 0.15) is 35.1 Å². The zero-order valence-electron chi connectivity index (χ0n) is 17.8. The molecule has 1 heteroatoms.